The van der Waals surface area contributed by atoms with Crippen molar-refractivity contribution in [2.24, 2.45) is 5.92 Å². The number of likely N-dealkylation sites (N-methyl/N-ethyl adjacent to an activating group) is 1. The number of piperidine rings is 1. The molecular weight excluding hydrogens is 413 g/mol. The van der Waals surface area contributed by atoms with Gasteiger partial charge in [0.05, 0.1) is 11.4 Å². The highest BCUT2D eigenvalue weighted by molar-refractivity contribution is 7.89. The Balaban J connectivity index is 1.81. The lowest BCUT2D eigenvalue weighted by Gasteiger charge is -2.33. The molecule has 1 aromatic carbocycles. The number of alkyl carbamates (subject to hydrolysis) is 1. The van der Waals surface area contributed by atoms with Crippen molar-refractivity contribution >= 4 is 22.0 Å². The Morgan fingerprint density at radius 2 is 1.77 bits per heavy atom. The lowest BCUT2D eigenvalue weighted by atomic mass is 9.97. The Morgan fingerprint density at radius 3 is 2.30 bits per heavy atom. The number of benzene rings is 1. The maximum Gasteiger partial charge on any atom is 0.407 e. The number of halogens is 1. The van der Waals surface area contributed by atoms with Gasteiger partial charge < -0.3 is 15.0 Å². The smallest absolute Gasteiger partial charge is 0.407 e. The summed E-state index contributed by atoms with van der Waals surface area (Å²) in [6, 6.07) is 4.49. The number of amides is 2. The quantitative estimate of drug-likeness (QED) is 0.727. The van der Waals surface area contributed by atoms with Crippen molar-refractivity contribution < 1.29 is 27.1 Å². The standard InChI is InChI=1S/C20H30FN3O5S/c1-20(2,3)29-19(26)22-13-15-9-11-24(12-10-15)18(25)14-23(4)30(27,28)17-7-5-16(21)6-8-17/h5-8,15H,9-14H2,1-4H3,(H,22,26). The predicted molar refractivity (Wildman–Crippen MR) is 110 cm³/mol. The van der Waals surface area contributed by atoms with Crippen LogP contribution in [0.3, 0.4) is 0 Å². The van der Waals surface area contributed by atoms with Crippen LogP contribution in [-0.4, -0.2) is 68.5 Å². The van der Waals surface area contributed by atoms with Crippen molar-refractivity contribution in [1.82, 2.24) is 14.5 Å². The van der Waals surface area contributed by atoms with Crippen LogP contribution in [0, 0.1) is 11.7 Å². The molecule has 0 unspecified atom stereocenters. The Hall–Kier alpha value is -2.20. The molecule has 1 heterocycles. The van der Waals surface area contributed by atoms with E-state index in [4.69, 9.17) is 4.74 Å². The SMILES string of the molecule is CN(CC(=O)N1CCC(CNC(=O)OC(C)(C)C)CC1)S(=O)(=O)c1ccc(F)cc1. The topological polar surface area (TPSA) is 96.0 Å². The summed E-state index contributed by atoms with van der Waals surface area (Å²) in [6.07, 6.45) is 0.944. The minimum absolute atomic E-state index is 0.0638. The second-order valence-electron chi connectivity index (χ2n) is 8.42. The molecule has 2 amide bonds. The van der Waals surface area contributed by atoms with E-state index in [0.29, 0.717) is 32.5 Å². The maximum absolute atomic E-state index is 13.0. The molecule has 30 heavy (non-hydrogen) atoms. The van der Waals surface area contributed by atoms with E-state index in [9.17, 15) is 22.4 Å². The van der Waals surface area contributed by atoms with Gasteiger partial charge in [0.2, 0.25) is 15.9 Å². The third-order valence-electron chi connectivity index (χ3n) is 4.78. The summed E-state index contributed by atoms with van der Waals surface area (Å²) >= 11 is 0. The molecule has 0 radical (unpaired) electrons. The zero-order valence-electron chi connectivity index (χ0n) is 17.9. The Bertz CT molecular complexity index is 844. The molecule has 0 aromatic heterocycles. The molecule has 0 aliphatic carbocycles. The zero-order valence-corrected chi connectivity index (χ0v) is 18.7. The van der Waals surface area contributed by atoms with E-state index in [1.807, 2.05) is 0 Å². The number of nitrogens with one attached hydrogen (secondary N) is 1. The molecule has 10 heteroatoms. The van der Waals surface area contributed by atoms with Gasteiger partial charge in [-0.25, -0.2) is 17.6 Å². The van der Waals surface area contributed by atoms with Crippen LogP contribution in [0.25, 0.3) is 0 Å². The zero-order chi connectivity index (χ0) is 22.5. The van der Waals surface area contributed by atoms with Gasteiger partial charge in [-0.3, -0.25) is 4.79 Å². The maximum atomic E-state index is 13.0. The first-order valence-corrected chi connectivity index (χ1v) is 11.3. The summed E-state index contributed by atoms with van der Waals surface area (Å²) in [5, 5.41) is 2.75. The normalized spacial score (nSPS) is 15.9. The number of likely N-dealkylation sites (tertiary alicyclic amines) is 1. The molecule has 0 spiro atoms. The van der Waals surface area contributed by atoms with E-state index in [2.05, 4.69) is 5.32 Å². The molecule has 1 N–H and O–H groups in total. The van der Waals surface area contributed by atoms with E-state index < -0.39 is 27.5 Å². The molecular formula is C20H30FN3O5S. The van der Waals surface area contributed by atoms with Crippen molar-refractivity contribution in [3.05, 3.63) is 30.1 Å². The first-order chi connectivity index (χ1) is 13.9. The fourth-order valence-corrected chi connectivity index (χ4v) is 4.21. The van der Waals surface area contributed by atoms with Gasteiger partial charge in [0.25, 0.3) is 0 Å². The van der Waals surface area contributed by atoms with Crippen molar-refractivity contribution in [2.45, 2.75) is 44.1 Å². The second-order valence-corrected chi connectivity index (χ2v) is 10.5. The minimum atomic E-state index is -3.88. The van der Waals surface area contributed by atoms with Crippen LogP contribution < -0.4 is 5.32 Å². The first-order valence-electron chi connectivity index (χ1n) is 9.85. The first kappa shape index (κ1) is 24.1. The summed E-state index contributed by atoms with van der Waals surface area (Å²) in [5.74, 6) is -0.597. The number of hydrogen-bond donors (Lipinski definition) is 1. The number of ether oxygens (including phenoxy) is 1. The van der Waals surface area contributed by atoms with Crippen molar-refractivity contribution in [3.63, 3.8) is 0 Å². The molecule has 1 saturated heterocycles. The van der Waals surface area contributed by atoms with Crippen molar-refractivity contribution in [3.8, 4) is 0 Å². The number of hydrogen-bond acceptors (Lipinski definition) is 5. The van der Waals surface area contributed by atoms with Gasteiger partial charge in [0, 0.05) is 26.7 Å². The largest absolute Gasteiger partial charge is 0.444 e. The summed E-state index contributed by atoms with van der Waals surface area (Å²) in [5.41, 5.74) is -0.555. The molecule has 1 aliphatic rings. The van der Waals surface area contributed by atoms with Crippen LogP contribution in [0.15, 0.2) is 29.2 Å². The molecule has 1 aromatic rings. The number of carbonyl (C=O) groups excluding carboxylic acids is 2. The summed E-state index contributed by atoms with van der Waals surface area (Å²) < 4.78 is 44.3. The van der Waals surface area contributed by atoms with E-state index in [0.717, 1.165) is 16.4 Å². The molecule has 0 bridgehead atoms. The van der Waals surface area contributed by atoms with Gasteiger partial charge in [-0.2, -0.15) is 4.31 Å². The van der Waals surface area contributed by atoms with Gasteiger partial charge in [-0.1, -0.05) is 0 Å². The van der Waals surface area contributed by atoms with Crippen LogP contribution >= 0.6 is 0 Å². The highest BCUT2D eigenvalue weighted by atomic mass is 32.2. The van der Waals surface area contributed by atoms with Gasteiger partial charge in [0.1, 0.15) is 11.4 Å². The predicted octanol–water partition coefficient (Wildman–Crippen LogP) is 2.21. The van der Waals surface area contributed by atoms with E-state index in [1.54, 1.807) is 25.7 Å². The van der Waals surface area contributed by atoms with Crippen molar-refractivity contribution in [2.75, 3.05) is 33.2 Å². The van der Waals surface area contributed by atoms with Crippen LogP contribution in [0.4, 0.5) is 9.18 Å². The molecule has 1 fully saturated rings. The Kier molecular flexibility index (Phi) is 7.81. The lowest BCUT2D eigenvalue weighted by molar-refractivity contribution is -0.132. The van der Waals surface area contributed by atoms with E-state index >= 15 is 0 Å². The third-order valence-corrected chi connectivity index (χ3v) is 6.60. The van der Waals surface area contributed by atoms with Gasteiger partial charge in [-0.15, -0.1) is 0 Å². The summed E-state index contributed by atoms with van der Waals surface area (Å²) in [4.78, 5) is 25.8. The highest BCUT2D eigenvalue weighted by Gasteiger charge is 2.28. The monoisotopic (exact) mass is 443 g/mol. The number of carbonyl (C=O) groups is 2. The summed E-state index contributed by atoms with van der Waals surface area (Å²) in [6.45, 7) is 6.54. The molecule has 8 nitrogen and oxygen atoms in total. The van der Waals surface area contributed by atoms with Crippen LogP contribution in [0.5, 0.6) is 0 Å². The Labute approximate surface area is 177 Å². The molecule has 2 rings (SSSR count). The molecule has 1 aliphatic heterocycles. The average molecular weight is 444 g/mol. The van der Waals surface area contributed by atoms with Gasteiger partial charge >= 0.3 is 6.09 Å². The fourth-order valence-electron chi connectivity index (χ4n) is 3.09. The lowest BCUT2D eigenvalue weighted by Crippen LogP contribution is -2.46. The molecule has 0 atom stereocenters. The second kappa shape index (κ2) is 9.74. The number of rotatable bonds is 6. The minimum Gasteiger partial charge on any atom is -0.444 e. The van der Waals surface area contributed by atoms with Crippen LogP contribution in [0.1, 0.15) is 33.6 Å². The van der Waals surface area contributed by atoms with Crippen LogP contribution in [0.2, 0.25) is 0 Å². The molecule has 0 saturated carbocycles. The molecule has 168 valence electrons. The van der Waals surface area contributed by atoms with Gasteiger partial charge in [0.15, 0.2) is 0 Å². The highest BCUT2D eigenvalue weighted by Crippen LogP contribution is 2.19. The number of nitrogens with zero attached hydrogens (tertiary/aromatic N) is 2. The van der Waals surface area contributed by atoms with Gasteiger partial charge in [-0.05, 0) is 63.8 Å². The average Bonchev–Trinajstić information content (AvgIpc) is 2.65. The van der Waals surface area contributed by atoms with E-state index in [1.165, 1.54) is 19.2 Å². The fraction of sp³-hybridized carbons (Fsp3) is 0.600. The third kappa shape index (κ3) is 6.94. The van der Waals surface area contributed by atoms with E-state index in [-0.39, 0.29) is 23.3 Å². The summed E-state index contributed by atoms with van der Waals surface area (Å²) in [7, 11) is -2.55. The number of sulfonamides is 1. The van der Waals surface area contributed by atoms with Crippen molar-refractivity contribution in [1.29, 1.82) is 0 Å². The Morgan fingerprint density at radius 1 is 1.20 bits per heavy atom. The van der Waals surface area contributed by atoms with Crippen LogP contribution in [-0.2, 0) is 19.6 Å².